The molecule has 2 N–H and O–H groups in total. The molecule has 1 aromatic rings. The van der Waals surface area contributed by atoms with Gasteiger partial charge in [0.1, 0.15) is 11.6 Å². The summed E-state index contributed by atoms with van der Waals surface area (Å²) in [5.41, 5.74) is 0.00207. The smallest absolute Gasteiger partial charge is 0.306 e. The summed E-state index contributed by atoms with van der Waals surface area (Å²) in [7, 11) is 0. The molecular weight excluding hydrogens is 304 g/mol. The van der Waals surface area contributed by atoms with E-state index in [0.717, 1.165) is 0 Å². The molecule has 3 rings (SSSR count). The van der Waals surface area contributed by atoms with Crippen molar-refractivity contribution < 1.29 is 23.5 Å². The van der Waals surface area contributed by atoms with Gasteiger partial charge in [0, 0.05) is 23.4 Å². The van der Waals surface area contributed by atoms with Crippen LogP contribution < -0.4 is 5.32 Å². The Labute approximate surface area is 132 Å². The van der Waals surface area contributed by atoms with Gasteiger partial charge in [-0.05, 0) is 44.2 Å². The Morgan fingerprint density at radius 3 is 2.26 bits per heavy atom. The Kier molecular flexibility index (Phi) is 4.33. The van der Waals surface area contributed by atoms with Crippen molar-refractivity contribution in [2.24, 2.45) is 11.8 Å². The number of carboxylic acids is 1. The standard InChI is InChI=1S/C17H19F2NO3/c18-13-2-1-3-14(19)15(13)11-8-12(11)16(21)20-10-6-4-9(5-7-10)17(22)23/h1-3,9-12H,4-8H2,(H,20,21)(H,22,23)/t9?,10?,11-,12-/m1/s1. The second-order valence-corrected chi connectivity index (χ2v) is 6.48. The summed E-state index contributed by atoms with van der Waals surface area (Å²) >= 11 is 0. The first-order valence-electron chi connectivity index (χ1n) is 7.94. The van der Waals surface area contributed by atoms with Gasteiger partial charge >= 0.3 is 5.97 Å². The maximum atomic E-state index is 13.7. The van der Waals surface area contributed by atoms with E-state index < -0.39 is 29.4 Å². The van der Waals surface area contributed by atoms with Crippen LogP contribution in [-0.4, -0.2) is 23.0 Å². The van der Waals surface area contributed by atoms with Gasteiger partial charge < -0.3 is 10.4 Å². The van der Waals surface area contributed by atoms with Crippen molar-refractivity contribution in [3.05, 3.63) is 35.4 Å². The highest BCUT2D eigenvalue weighted by molar-refractivity contribution is 5.83. The van der Waals surface area contributed by atoms with Crippen molar-refractivity contribution in [2.75, 3.05) is 0 Å². The van der Waals surface area contributed by atoms with E-state index in [9.17, 15) is 18.4 Å². The van der Waals surface area contributed by atoms with E-state index in [1.165, 1.54) is 18.2 Å². The maximum Gasteiger partial charge on any atom is 0.306 e. The minimum absolute atomic E-state index is 0.00207. The molecule has 124 valence electrons. The summed E-state index contributed by atoms with van der Waals surface area (Å²) in [6.45, 7) is 0. The van der Waals surface area contributed by atoms with Gasteiger partial charge in [0.15, 0.2) is 0 Å². The van der Waals surface area contributed by atoms with E-state index in [4.69, 9.17) is 5.11 Å². The SMILES string of the molecule is O=C(O)C1CCC(NC(=O)[C@@H]2C[C@H]2c2c(F)cccc2F)CC1. The number of hydrogen-bond donors (Lipinski definition) is 2. The summed E-state index contributed by atoms with van der Waals surface area (Å²) < 4.78 is 27.5. The van der Waals surface area contributed by atoms with Crippen molar-refractivity contribution >= 4 is 11.9 Å². The van der Waals surface area contributed by atoms with Gasteiger partial charge in [-0.25, -0.2) is 8.78 Å². The van der Waals surface area contributed by atoms with Gasteiger partial charge in [0.2, 0.25) is 5.91 Å². The largest absolute Gasteiger partial charge is 0.481 e. The topological polar surface area (TPSA) is 66.4 Å². The number of nitrogens with one attached hydrogen (secondary N) is 1. The molecule has 0 saturated heterocycles. The Bertz CT molecular complexity index is 606. The minimum Gasteiger partial charge on any atom is -0.481 e. The Morgan fingerprint density at radius 2 is 1.70 bits per heavy atom. The van der Waals surface area contributed by atoms with Crippen molar-refractivity contribution in [3.8, 4) is 0 Å². The molecule has 0 spiro atoms. The molecule has 6 heteroatoms. The molecule has 1 amide bonds. The van der Waals surface area contributed by atoms with Crippen LogP contribution in [0, 0.1) is 23.5 Å². The highest BCUT2D eigenvalue weighted by Gasteiger charge is 2.47. The molecular formula is C17H19F2NO3. The van der Waals surface area contributed by atoms with E-state index in [-0.39, 0.29) is 23.4 Å². The van der Waals surface area contributed by atoms with Crippen LogP contribution in [0.1, 0.15) is 43.6 Å². The van der Waals surface area contributed by atoms with Crippen LogP contribution in [-0.2, 0) is 9.59 Å². The monoisotopic (exact) mass is 323 g/mol. The van der Waals surface area contributed by atoms with Crippen LogP contribution in [0.2, 0.25) is 0 Å². The van der Waals surface area contributed by atoms with Gasteiger partial charge in [-0.15, -0.1) is 0 Å². The molecule has 1 aromatic carbocycles. The van der Waals surface area contributed by atoms with Crippen molar-refractivity contribution in [1.29, 1.82) is 0 Å². The summed E-state index contributed by atoms with van der Waals surface area (Å²) in [6.07, 6.45) is 2.82. The lowest BCUT2D eigenvalue weighted by atomic mass is 9.86. The summed E-state index contributed by atoms with van der Waals surface area (Å²) in [5.74, 6) is -3.29. The molecule has 0 heterocycles. The van der Waals surface area contributed by atoms with Crippen LogP contribution in [0.5, 0.6) is 0 Å². The fourth-order valence-corrected chi connectivity index (χ4v) is 3.46. The molecule has 2 saturated carbocycles. The van der Waals surface area contributed by atoms with Gasteiger partial charge in [-0.3, -0.25) is 9.59 Å². The molecule has 0 bridgehead atoms. The lowest BCUT2D eigenvalue weighted by Crippen LogP contribution is -2.39. The van der Waals surface area contributed by atoms with Crippen LogP contribution in [0.25, 0.3) is 0 Å². The summed E-state index contributed by atoms with van der Waals surface area (Å²) in [4.78, 5) is 23.1. The molecule has 2 fully saturated rings. The predicted molar refractivity (Wildman–Crippen MR) is 78.7 cm³/mol. The van der Waals surface area contributed by atoms with E-state index in [1.54, 1.807) is 0 Å². The molecule has 0 unspecified atom stereocenters. The van der Waals surface area contributed by atoms with Crippen molar-refractivity contribution in [2.45, 2.75) is 44.1 Å². The normalized spacial score (nSPS) is 29.8. The highest BCUT2D eigenvalue weighted by atomic mass is 19.1. The van der Waals surface area contributed by atoms with Gasteiger partial charge in [0.25, 0.3) is 0 Å². The van der Waals surface area contributed by atoms with Gasteiger partial charge in [-0.1, -0.05) is 6.07 Å². The number of aliphatic carboxylic acids is 1. The first kappa shape index (κ1) is 15.9. The average Bonchev–Trinajstić information content (AvgIpc) is 3.28. The number of carbonyl (C=O) groups is 2. The third-order valence-electron chi connectivity index (χ3n) is 4.92. The van der Waals surface area contributed by atoms with Crippen LogP contribution >= 0.6 is 0 Å². The van der Waals surface area contributed by atoms with E-state index in [2.05, 4.69) is 5.32 Å². The van der Waals surface area contributed by atoms with Crippen molar-refractivity contribution in [3.63, 3.8) is 0 Å². The molecule has 2 atom stereocenters. The Hall–Kier alpha value is -1.98. The van der Waals surface area contributed by atoms with E-state index in [1.807, 2.05) is 0 Å². The predicted octanol–water partition coefficient (Wildman–Crippen LogP) is 2.83. The number of halogens is 2. The summed E-state index contributed by atoms with van der Waals surface area (Å²) in [5, 5.41) is 11.9. The molecule has 0 radical (unpaired) electrons. The number of hydrogen-bond acceptors (Lipinski definition) is 2. The number of carboxylic acid groups (broad SMARTS) is 1. The van der Waals surface area contributed by atoms with Crippen LogP contribution in [0.4, 0.5) is 8.78 Å². The van der Waals surface area contributed by atoms with Crippen LogP contribution in [0.15, 0.2) is 18.2 Å². The lowest BCUT2D eigenvalue weighted by Gasteiger charge is -2.26. The van der Waals surface area contributed by atoms with Gasteiger partial charge in [0.05, 0.1) is 5.92 Å². The zero-order chi connectivity index (χ0) is 16.6. The van der Waals surface area contributed by atoms with Gasteiger partial charge in [-0.2, -0.15) is 0 Å². The summed E-state index contributed by atoms with van der Waals surface area (Å²) in [6, 6.07) is 3.69. The number of carbonyl (C=O) groups excluding carboxylic acids is 1. The maximum absolute atomic E-state index is 13.7. The number of rotatable bonds is 4. The molecule has 2 aliphatic rings. The lowest BCUT2D eigenvalue weighted by molar-refractivity contribution is -0.142. The highest BCUT2D eigenvalue weighted by Crippen LogP contribution is 2.49. The second kappa shape index (κ2) is 6.26. The third kappa shape index (κ3) is 3.35. The molecule has 4 nitrogen and oxygen atoms in total. The third-order valence-corrected chi connectivity index (χ3v) is 4.92. The van der Waals surface area contributed by atoms with Crippen molar-refractivity contribution in [1.82, 2.24) is 5.32 Å². The minimum atomic E-state index is -0.785. The number of amides is 1. The zero-order valence-corrected chi connectivity index (χ0v) is 12.6. The Morgan fingerprint density at radius 1 is 1.09 bits per heavy atom. The van der Waals surface area contributed by atoms with E-state index >= 15 is 0 Å². The first-order chi connectivity index (χ1) is 11.0. The van der Waals surface area contributed by atoms with E-state index in [0.29, 0.717) is 32.1 Å². The number of benzene rings is 1. The molecule has 2 aliphatic carbocycles. The molecule has 23 heavy (non-hydrogen) atoms. The molecule has 0 aliphatic heterocycles. The Balaban J connectivity index is 1.54. The quantitative estimate of drug-likeness (QED) is 0.895. The van der Waals surface area contributed by atoms with Crippen LogP contribution in [0.3, 0.4) is 0 Å². The molecule has 0 aromatic heterocycles. The zero-order valence-electron chi connectivity index (χ0n) is 12.6. The fourth-order valence-electron chi connectivity index (χ4n) is 3.46. The fraction of sp³-hybridized carbons (Fsp3) is 0.529. The average molecular weight is 323 g/mol. The first-order valence-corrected chi connectivity index (χ1v) is 7.94. The second-order valence-electron chi connectivity index (χ2n) is 6.48.